The Hall–Kier alpha value is -1.80. The minimum Gasteiger partial charge on any atom is -0.457 e. The number of ether oxygens (including phenoxy) is 1. The molecule has 0 aliphatic rings. The van der Waals surface area contributed by atoms with Crippen molar-refractivity contribution >= 4 is 0 Å². The zero-order valence-electron chi connectivity index (χ0n) is 11.7. The zero-order valence-corrected chi connectivity index (χ0v) is 11.7. The van der Waals surface area contributed by atoms with Crippen LogP contribution in [0.4, 0.5) is 0 Å². The van der Waals surface area contributed by atoms with Gasteiger partial charge in [0.25, 0.3) is 0 Å². The molecule has 0 heterocycles. The van der Waals surface area contributed by atoms with Gasteiger partial charge < -0.3 is 9.84 Å². The summed E-state index contributed by atoms with van der Waals surface area (Å²) in [4.78, 5) is 0. The van der Waals surface area contributed by atoms with Crippen LogP contribution in [0.1, 0.15) is 36.1 Å². The number of aliphatic hydroxyl groups excluding tert-OH is 1. The summed E-state index contributed by atoms with van der Waals surface area (Å²) in [6, 6.07) is 13.8. The molecule has 2 aromatic carbocycles. The highest BCUT2D eigenvalue weighted by molar-refractivity contribution is 5.40. The molecule has 1 N–H and O–H groups in total. The van der Waals surface area contributed by atoms with Crippen LogP contribution in [-0.2, 0) is 0 Å². The summed E-state index contributed by atoms with van der Waals surface area (Å²) in [5.41, 5.74) is 3.22. The molecule has 0 amide bonds. The molecule has 100 valence electrons. The van der Waals surface area contributed by atoms with Crippen LogP contribution in [0.3, 0.4) is 0 Å². The maximum absolute atomic E-state index is 9.75. The molecule has 0 aliphatic carbocycles. The molecule has 0 spiro atoms. The largest absolute Gasteiger partial charge is 0.457 e. The number of aliphatic hydroxyl groups is 1. The van der Waals surface area contributed by atoms with E-state index in [9.17, 15) is 5.11 Å². The van der Waals surface area contributed by atoms with Gasteiger partial charge in [-0.05, 0) is 55.2 Å². The highest BCUT2D eigenvalue weighted by atomic mass is 16.5. The maximum Gasteiger partial charge on any atom is 0.130 e. The van der Waals surface area contributed by atoms with E-state index >= 15 is 0 Å². The molecular weight excluding hydrogens is 236 g/mol. The first kappa shape index (κ1) is 13.6. The Balaban J connectivity index is 2.17. The number of rotatable bonds is 4. The van der Waals surface area contributed by atoms with E-state index in [4.69, 9.17) is 4.74 Å². The number of benzene rings is 2. The molecule has 0 aliphatic heterocycles. The summed E-state index contributed by atoms with van der Waals surface area (Å²) in [5.74, 6) is 1.67. The first-order valence-corrected chi connectivity index (χ1v) is 6.63. The predicted molar refractivity (Wildman–Crippen MR) is 77.7 cm³/mol. The Morgan fingerprint density at radius 1 is 1.05 bits per heavy atom. The van der Waals surface area contributed by atoms with Gasteiger partial charge in [-0.15, -0.1) is 0 Å². The highest BCUT2D eigenvalue weighted by Gasteiger charge is 2.06. The number of aryl methyl sites for hydroxylation is 2. The van der Waals surface area contributed by atoms with Crippen molar-refractivity contribution in [1.29, 1.82) is 0 Å². The molecule has 0 saturated heterocycles. The van der Waals surface area contributed by atoms with Gasteiger partial charge in [0, 0.05) is 0 Å². The lowest BCUT2D eigenvalue weighted by Gasteiger charge is -2.11. The SMILES string of the molecule is CCC(O)c1ccc(Oc2cc(C)ccc2C)cc1. The fourth-order valence-corrected chi connectivity index (χ4v) is 1.94. The van der Waals surface area contributed by atoms with E-state index in [1.165, 1.54) is 5.56 Å². The average molecular weight is 256 g/mol. The normalized spacial score (nSPS) is 12.2. The van der Waals surface area contributed by atoms with Gasteiger partial charge in [-0.2, -0.15) is 0 Å². The van der Waals surface area contributed by atoms with Crippen molar-refractivity contribution in [2.24, 2.45) is 0 Å². The van der Waals surface area contributed by atoms with Crippen molar-refractivity contribution < 1.29 is 9.84 Å². The molecule has 19 heavy (non-hydrogen) atoms. The standard InChI is InChI=1S/C17H20O2/c1-4-16(18)14-7-9-15(10-8-14)19-17-11-12(2)5-6-13(17)3/h5-11,16,18H,4H2,1-3H3. The van der Waals surface area contributed by atoms with Crippen LogP contribution in [0.5, 0.6) is 11.5 Å². The Morgan fingerprint density at radius 3 is 2.37 bits per heavy atom. The minimum atomic E-state index is -0.394. The van der Waals surface area contributed by atoms with E-state index in [1.807, 2.05) is 51.1 Å². The van der Waals surface area contributed by atoms with E-state index in [0.29, 0.717) is 0 Å². The summed E-state index contributed by atoms with van der Waals surface area (Å²) in [6.07, 6.45) is 0.326. The first-order chi connectivity index (χ1) is 9.10. The smallest absolute Gasteiger partial charge is 0.130 e. The summed E-state index contributed by atoms with van der Waals surface area (Å²) in [6.45, 7) is 6.04. The first-order valence-electron chi connectivity index (χ1n) is 6.63. The average Bonchev–Trinajstić information content (AvgIpc) is 2.43. The zero-order chi connectivity index (χ0) is 13.8. The molecule has 0 fully saturated rings. The maximum atomic E-state index is 9.75. The van der Waals surface area contributed by atoms with Crippen molar-refractivity contribution in [1.82, 2.24) is 0 Å². The topological polar surface area (TPSA) is 29.5 Å². The van der Waals surface area contributed by atoms with Gasteiger partial charge in [0.2, 0.25) is 0 Å². The van der Waals surface area contributed by atoms with Crippen LogP contribution < -0.4 is 4.74 Å². The molecule has 1 atom stereocenters. The van der Waals surface area contributed by atoms with Gasteiger partial charge in [0.15, 0.2) is 0 Å². The van der Waals surface area contributed by atoms with Crippen molar-refractivity contribution in [3.63, 3.8) is 0 Å². The van der Waals surface area contributed by atoms with Crippen molar-refractivity contribution in [2.75, 3.05) is 0 Å². The lowest BCUT2D eigenvalue weighted by atomic mass is 10.1. The third kappa shape index (κ3) is 3.36. The molecular formula is C17H20O2. The van der Waals surface area contributed by atoms with Crippen LogP contribution in [0.2, 0.25) is 0 Å². The molecule has 2 rings (SSSR count). The van der Waals surface area contributed by atoms with E-state index in [0.717, 1.165) is 29.0 Å². The Kier molecular flexibility index (Phi) is 4.23. The number of hydrogen-bond acceptors (Lipinski definition) is 2. The van der Waals surface area contributed by atoms with Gasteiger partial charge in [0.1, 0.15) is 11.5 Å². The molecule has 0 saturated carbocycles. The van der Waals surface area contributed by atoms with Crippen LogP contribution in [0, 0.1) is 13.8 Å². The number of hydrogen-bond donors (Lipinski definition) is 1. The van der Waals surface area contributed by atoms with Crippen LogP contribution in [0.15, 0.2) is 42.5 Å². The summed E-state index contributed by atoms with van der Waals surface area (Å²) >= 11 is 0. The second kappa shape index (κ2) is 5.89. The van der Waals surface area contributed by atoms with Gasteiger partial charge in [0.05, 0.1) is 6.10 Å². The lowest BCUT2D eigenvalue weighted by Crippen LogP contribution is -1.95. The van der Waals surface area contributed by atoms with Crippen LogP contribution >= 0.6 is 0 Å². The Morgan fingerprint density at radius 2 is 1.74 bits per heavy atom. The molecule has 1 unspecified atom stereocenters. The third-order valence-electron chi connectivity index (χ3n) is 3.22. The van der Waals surface area contributed by atoms with Gasteiger partial charge in [-0.3, -0.25) is 0 Å². The fraction of sp³-hybridized carbons (Fsp3) is 0.294. The van der Waals surface area contributed by atoms with Crippen molar-refractivity contribution in [3.05, 3.63) is 59.2 Å². The lowest BCUT2D eigenvalue weighted by molar-refractivity contribution is 0.173. The highest BCUT2D eigenvalue weighted by Crippen LogP contribution is 2.27. The van der Waals surface area contributed by atoms with E-state index in [1.54, 1.807) is 0 Å². The summed E-state index contributed by atoms with van der Waals surface area (Å²) < 4.78 is 5.88. The molecule has 2 aromatic rings. The molecule has 0 aromatic heterocycles. The quantitative estimate of drug-likeness (QED) is 0.870. The van der Waals surface area contributed by atoms with Crippen molar-refractivity contribution in [2.45, 2.75) is 33.3 Å². The second-order valence-corrected chi connectivity index (χ2v) is 4.86. The predicted octanol–water partition coefficient (Wildman–Crippen LogP) is 4.54. The van der Waals surface area contributed by atoms with E-state index in [2.05, 4.69) is 12.1 Å². The van der Waals surface area contributed by atoms with Crippen molar-refractivity contribution in [3.8, 4) is 11.5 Å². The van der Waals surface area contributed by atoms with Crippen LogP contribution in [0.25, 0.3) is 0 Å². The van der Waals surface area contributed by atoms with E-state index < -0.39 is 6.10 Å². The third-order valence-corrected chi connectivity index (χ3v) is 3.22. The Labute approximate surface area is 114 Å². The monoisotopic (exact) mass is 256 g/mol. The van der Waals surface area contributed by atoms with Crippen LogP contribution in [-0.4, -0.2) is 5.11 Å². The van der Waals surface area contributed by atoms with Gasteiger partial charge in [-0.1, -0.05) is 31.2 Å². The minimum absolute atomic E-state index is 0.394. The Bertz CT molecular complexity index is 544. The second-order valence-electron chi connectivity index (χ2n) is 4.86. The summed E-state index contributed by atoms with van der Waals surface area (Å²) in [5, 5.41) is 9.75. The van der Waals surface area contributed by atoms with E-state index in [-0.39, 0.29) is 0 Å². The molecule has 0 bridgehead atoms. The molecule has 2 heteroatoms. The fourth-order valence-electron chi connectivity index (χ4n) is 1.94. The van der Waals surface area contributed by atoms with Gasteiger partial charge >= 0.3 is 0 Å². The van der Waals surface area contributed by atoms with Gasteiger partial charge in [-0.25, -0.2) is 0 Å². The summed E-state index contributed by atoms with van der Waals surface area (Å²) in [7, 11) is 0. The molecule has 0 radical (unpaired) electrons. The molecule has 2 nitrogen and oxygen atoms in total.